The zero-order chi connectivity index (χ0) is 24.7. The van der Waals surface area contributed by atoms with E-state index < -0.39 is 16.1 Å². The lowest BCUT2D eigenvalue weighted by Crippen LogP contribution is -2.49. The molecule has 3 aromatic rings. The number of sulfonamides is 1. The van der Waals surface area contributed by atoms with Crippen molar-refractivity contribution >= 4 is 55.7 Å². The second-order valence-electron chi connectivity index (χ2n) is 9.19. The maximum absolute atomic E-state index is 12.5. The Labute approximate surface area is 197 Å². The number of aromatic nitrogens is 2. The Balaban J connectivity index is 1.77. The van der Waals surface area contributed by atoms with Crippen LogP contribution >= 0.6 is 0 Å². The molecule has 1 aliphatic rings. The predicted octanol–water partition coefficient (Wildman–Crippen LogP) is 3.49. The fraction of sp³-hybridized carbons (Fsp3) is 0.304. The molecule has 1 aliphatic heterocycles. The zero-order valence-electron chi connectivity index (χ0n) is 19.3. The van der Waals surface area contributed by atoms with Gasteiger partial charge in [0.2, 0.25) is 15.9 Å². The van der Waals surface area contributed by atoms with Crippen LogP contribution in [0.2, 0.25) is 0 Å². The average Bonchev–Trinajstić information content (AvgIpc) is 2.73. The van der Waals surface area contributed by atoms with E-state index in [0.717, 1.165) is 17.3 Å². The summed E-state index contributed by atoms with van der Waals surface area (Å²) >= 11 is 0. The molecule has 1 saturated heterocycles. The number of benzene rings is 2. The van der Waals surface area contributed by atoms with Crippen molar-refractivity contribution in [3.8, 4) is 0 Å². The van der Waals surface area contributed by atoms with Gasteiger partial charge in [0.05, 0.1) is 11.8 Å². The number of nitrogens with one attached hydrogen (secondary N) is 3. The number of hydrogen-bond donors (Lipinski definition) is 3. The molecule has 2 aromatic carbocycles. The van der Waals surface area contributed by atoms with Crippen LogP contribution in [0.1, 0.15) is 32.8 Å². The molecule has 0 saturated carbocycles. The summed E-state index contributed by atoms with van der Waals surface area (Å²) in [6.45, 7) is 6.47. The largest absolute Gasteiger partial charge is 0.340 e. The smallest absolute Gasteiger partial charge is 0.328 e. The van der Waals surface area contributed by atoms with Crippen molar-refractivity contribution < 1.29 is 18.0 Å². The summed E-state index contributed by atoms with van der Waals surface area (Å²) in [6, 6.07) is 10.1. The van der Waals surface area contributed by atoms with Gasteiger partial charge in [-0.3, -0.25) is 19.7 Å². The van der Waals surface area contributed by atoms with Gasteiger partial charge in [0.15, 0.2) is 0 Å². The third kappa shape index (κ3) is 5.09. The second kappa shape index (κ2) is 8.56. The van der Waals surface area contributed by atoms with Crippen LogP contribution in [0.15, 0.2) is 42.7 Å². The molecule has 3 N–H and O–H groups in total. The van der Waals surface area contributed by atoms with Crippen molar-refractivity contribution in [2.24, 2.45) is 0 Å². The van der Waals surface area contributed by atoms with E-state index in [1.165, 1.54) is 6.33 Å². The monoisotopic (exact) mass is 482 g/mol. The number of hydrogen-bond acceptors (Lipinski definition) is 7. The highest BCUT2D eigenvalue weighted by Crippen LogP contribution is 2.36. The molecule has 178 valence electrons. The first kappa shape index (κ1) is 23.4. The number of carbonyl (C=O) groups is 2. The van der Waals surface area contributed by atoms with Crippen molar-refractivity contribution in [2.45, 2.75) is 32.6 Å². The first-order valence-corrected chi connectivity index (χ1v) is 12.6. The van der Waals surface area contributed by atoms with Gasteiger partial charge in [0.25, 0.3) is 0 Å². The van der Waals surface area contributed by atoms with Gasteiger partial charge in [-0.1, -0.05) is 20.8 Å². The number of anilines is 4. The Morgan fingerprint density at radius 2 is 1.71 bits per heavy atom. The van der Waals surface area contributed by atoms with Crippen LogP contribution in [-0.4, -0.2) is 43.1 Å². The number of urea groups is 1. The van der Waals surface area contributed by atoms with Crippen LogP contribution in [0.3, 0.4) is 0 Å². The predicted molar refractivity (Wildman–Crippen MR) is 132 cm³/mol. The number of fused-ring (bicyclic) bond motifs is 1. The van der Waals surface area contributed by atoms with Crippen molar-refractivity contribution in [1.29, 1.82) is 0 Å². The quantitative estimate of drug-likeness (QED) is 0.507. The molecule has 3 amide bonds. The van der Waals surface area contributed by atoms with Crippen LogP contribution < -0.4 is 20.3 Å². The Morgan fingerprint density at radius 3 is 2.32 bits per heavy atom. The minimum atomic E-state index is -3.37. The fourth-order valence-electron chi connectivity index (χ4n) is 3.76. The molecule has 10 nitrogen and oxygen atoms in total. The lowest BCUT2D eigenvalue weighted by molar-refractivity contribution is -0.120. The Morgan fingerprint density at radius 1 is 1.03 bits per heavy atom. The van der Waals surface area contributed by atoms with Gasteiger partial charge < -0.3 is 5.32 Å². The summed E-state index contributed by atoms with van der Waals surface area (Å²) in [4.78, 5) is 34.6. The van der Waals surface area contributed by atoms with Gasteiger partial charge in [-0.2, -0.15) is 0 Å². The number of carbonyl (C=O) groups excluding carboxylic acids is 2. The molecule has 0 radical (unpaired) electrons. The van der Waals surface area contributed by atoms with E-state index in [-0.39, 0.29) is 24.3 Å². The van der Waals surface area contributed by atoms with Gasteiger partial charge >= 0.3 is 6.03 Å². The normalized spacial score (nSPS) is 14.8. The van der Waals surface area contributed by atoms with E-state index in [4.69, 9.17) is 0 Å². The number of imide groups is 1. The number of rotatable bonds is 5. The summed E-state index contributed by atoms with van der Waals surface area (Å²) in [5.74, 6) is 0.243. The molecule has 0 spiro atoms. The third-order valence-electron chi connectivity index (χ3n) is 5.35. The van der Waals surface area contributed by atoms with E-state index in [1.54, 1.807) is 29.2 Å². The lowest BCUT2D eigenvalue weighted by atomic mass is 9.85. The summed E-state index contributed by atoms with van der Waals surface area (Å²) in [7, 11) is -3.37. The first-order chi connectivity index (χ1) is 15.9. The van der Waals surface area contributed by atoms with Gasteiger partial charge in [-0.15, -0.1) is 0 Å². The maximum atomic E-state index is 12.5. The highest BCUT2D eigenvalue weighted by molar-refractivity contribution is 7.92. The van der Waals surface area contributed by atoms with E-state index in [1.807, 2.05) is 12.1 Å². The SMILES string of the molecule is CC(C)(C)c1cc(N2CCC(=O)NC2=O)cc2c(Nc3ccc(NS(C)(=O)=O)cc3)ncnc12. The van der Waals surface area contributed by atoms with E-state index in [9.17, 15) is 18.0 Å². The van der Waals surface area contributed by atoms with Gasteiger partial charge in [0.1, 0.15) is 12.1 Å². The molecule has 0 bridgehead atoms. The highest BCUT2D eigenvalue weighted by atomic mass is 32.2. The van der Waals surface area contributed by atoms with Crippen molar-refractivity contribution in [3.63, 3.8) is 0 Å². The second-order valence-corrected chi connectivity index (χ2v) is 10.9. The van der Waals surface area contributed by atoms with Crippen molar-refractivity contribution in [1.82, 2.24) is 15.3 Å². The molecule has 4 rings (SSSR count). The molecule has 1 fully saturated rings. The van der Waals surface area contributed by atoms with Gasteiger partial charge in [-0.25, -0.2) is 23.2 Å². The van der Waals surface area contributed by atoms with Crippen LogP contribution in [0.25, 0.3) is 10.9 Å². The highest BCUT2D eigenvalue weighted by Gasteiger charge is 2.27. The summed E-state index contributed by atoms with van der Waals surface area (Å²) in [6.07, 6.45) is 2.79. The van der Waals surface area contributed by atoms with Gasteiger partial charge in [-0.05, 0) is 47.4 Å². The van der Waals surface area contributed by atoms with E-state index >= 15 is 0 Å². The van der Waals surface area contributed by atoms with E-state index in [2.05, 4.69) is 46.1 Å². The third-order valence-corrected chi connectivity index (χ3v) is 5.95. The Hall–Kier alpha value is -3.73. The molecule has 0 unspecified atom stereocenters. The maximum Gasteiger partial charge on any atom is 0.328 e. The van der Waals surface area contributed by atoms with E-state index in [0.29, 0.717) is 28.3 Å². The number of amides is 3. The van der Waals surface area contributed by atoms with Crippen molar-refractivity contribution in [3.05, 3.63) is 48.3 Å². The minimum Gasteiger partial charge on any atom is -0.340 e. The minimum absolute atomic E-state index is 0.221. The standard InChI is InChI=1S/C23H26N6O4S/c1-23(2,3)18-12-16(29-10-9-19(30)27-22(29)31)11-17-20(18)24-13-25-21(17)26-14-5-7-15(8-6-14)28-34(4,32)33/h5-8,11-13,28H,9-10H2,1-4H3,(H,24,25,26)(H,27,30,31). The summed E-state index contributed by atoms with van der Waals surface area (Å²) < 4.78 is 25.3. The number of nitrogens with zero attached hydrogens (tertiary/aromatic N) is 3. The topological polar surface area (TPSA) is 133 Å². The van der Waals surface area contributed by atoms with Crippen LogP contribution in [0, 0.1) is 0 Å². The van der Waals surface area contributed by atoms with Gasteiger partial charge in [0, 0.05) is 35.4 Å². The first-order valence-electron chi connectivity index (χ1n) is 10.7. The molecule has 0 aliphatic carbocycles. The van der Waals surface area contributed by atoms with Crippen LogP contribution in [0.4, 0.5) is 27.7 Å². The molecule has 2 heterocycles. The fourth-order valence-corrected chi connectivity index (χ4v) is 4.33. The molecule has 11 heteroatoms. The summed E-state index contributed by atoms with van der Waals surface area (Å²) in [5, 5.41) is 6.34. The lowest BCUT2D eigenvalue weighted by Gasteiger charge is -2.29. The molecule has 34 heavy (non-hydrogen) atoms. The zero-order valence-corrected chi connectivity index (χ0v) is 20.2. The van der Waals surface area contributed by atoms with Crippen LogP contribution in [-0.2, 0) is 20.2 Å². The summed E-state index contributed by atoms with van der Waals surface area (Å²) in [5.41, 5.74) is 3.20. The molecular formula is C23H26N6O4S. The Bertz CT molecular complexity index is 1380. The van der Waals surface area contributed by atoms with Crippen LogP contribution in [0.5, 0.6) is 0 Å². The molecule has 1 aromatic heterocycles. The molecule has 0 atom stereocenters. The Kier molecular flexibility index (Phi) is 5.90. The average molecular weight is 483 g/mol. The van der Waals surface area contributed by atoms with Crippen molar-refractivity contribution in [2.75, 3.05) is 27.7 Å². The molecular weight excluding hydrogens is 456 g/mol.